The second-order valence-electron chi connectivity index (χ2n) is 5.59. The van der Waals surface area contributed by atoms with Crippen molar-refractivity contribution in [3.05, 3.63) is 30.1 Å². The van der Waals surface area contributed by atoms with Crippen molar-refractivity contribution < 1.29 is 29.0 Å². The summed E-state index contributed by atoms with van der Waals surface area (Å²) in [6, 6.07) is 5.99. The third kappa shape index (κ3) is 6.86. The number of hydrogen-bond donors (Lipinski definition) is 3. The van der Waals surface area contributed by atoms with Gasteiger partial charge in [-0.2, -0.15) is 0 Å². The molecule has 3 N–H and O–H groups in total. The van der Waals surface area contributed by atoms with E-state index in [1.165, 1.54) is 6.07 Å². The van der Waals surface area contributed by atoms with Crippen LogP contribution < -0.4 is 5.32 Å². The number of halogens is 1. The highest BCUT2D eigenvalue weighted by molar-refractivity contribution is 6.27. The fourth-order valence-electron chi connectivity index (χ4n) is 2.17. The molecule has 1 aromatic carbocycles. The van der Waals surface area contributed by atoms with Gasteiger partial charge in [0, 0.05) is 26.2 Å². The molecule has 0 aromatic heterocycles. The number of likely N-dealkylation sites (N-methyl/N-ethyl adjacent to an activating group) is 1. The molecule has 1 aliphatic heterocycles. The van der Waals surface area contributed by atoms with Crippen LogP contribution in [0.15, 0.2) is 24.3 Å². The van der Waals surface area contributed by atoms with E-state index in [2.05, 4.69) is 22.2 Å². The van der Waals surface area contributed by atoms with Gasteiger partial charge < -0.3 is 20.4 Å². The Kier molecular flexibility index (Phi) is 7.96. The highest BCUT2D eigenvalue weighted by atomic mass is 19.1. The fourth-order valence-corrected chi connectivity index (χ4v) is 2.17. The van der Waals surface area contributed by atoms with Crippen molar-refractivity contribution in [2.24, 2.45) is 0 Å². The first kappa shape index (κ1) is 20.5. The Labute approximate surface area is 144 Å². The van der Waals surface area contributed by atoms with Crippen LogP contribution in [0.3, 0.4) is 0 Å². The topological polar surface area (TPSA) is 110 Å². The minimum Gasteiger partial charge on any atom is -0.473 e. The van der Waals surface area contributed by atoms with E-state index in [1.807, 2.05) is 6.92 Å². The molecule has 1 atom stereocenters. The Balaban J connectivity index is 0.000000450. The molecule has 1 unspecified atom stereocenters. The van der Waals surface area contributed by atoms with Crippen LogP contribution in [0.25, 0.3) is 0 Å². The zero-order valence-corrected chi connectivity index (χ0v) is 14.1. The van der Waals surface area contributed by atoms with Crippen LogP contribution in [-0.2, 0) is 14.4 Å². The Morgan fingerprint density at radius 3 is 2.08 bits per heavy atom. The number of piperazine rings is 1. The van der Waals surface area contributed by atoms with Gasteiger partial charge in [-0.3, -0.25) is 9.69 Å². The molecule has 0 saturated carbocycles. The van der Waals surface area contributed by atoms with Gasteiger partial charge in [0.25, 0.3) is 0 Å². The summed E-state index contributed by atoms with van der Waals surface area (Å²) in [7, 11) is 2.07. The monoisotopic (exact) mass is 355 g/mol. The molecule has 138 valence electrons. The van der Waals surface area contributed by atoms with Gasteiger partial charge in [-0.25, -0.2) is 14.0 Å². The van der Waals surface area contributed by atoms with Crippen molar-refractivity contribution in [3.8, 4) is 0 Å². The summed E-state index contributed by atoms with van der Waals surface area (Å²) in [6.07, 6.45) is 0. The number of para-hydroxylation sites is 1. The number of nitrogens with one attached hydrogen (secondary N) is 1. The van der Waals surface area contributed by atoms with E-state index in [1.54, 1.807) is 18.2 Å². The second-order valence-corrected chi connectivity index (χ2v) is 5.59. The second kappa shape index (κ2) is 9.70. The number of carbonyl (C=O) groups excluding carboxylic acids is 1. The Bertz CT molecular complexity index is 606. The van der Waals surface area contributed by atoms with Gasteiger partial charge in [0.05, 0.1) is 11.7 Å². The highest BCUT2D eigenvalue weighted by Gasteiger charge is 2.24. The lowest BCUT2D eigenvalue weighted by Crippen LogP contribution is -2.51. The maximum absolute atomic E-state index is 13.5. The normalized spacial score (nSPS) is 16.3. The van der Waals surface area contributed by atoms with Gasteiger partial charge in [0.2, 0.25) is 5.91 Å². The van der Waals surface area contributed by atoms with E-state index >= 15 is 0 Å². The van der Waals surface area contributed by atoms with Crippen molar-refractivity contribution >= 4 is 23.5 Å². The number of benzene rings is 1. The first-order valence-corrected chi connectivity index (χ1v) is 7.66. The van der Waals surface area contributed by atoms with Crippen molar-refractivity contribution in [1.82, 2.24) is 9.80 Å². The molecule has 2 rings (SSSR count). The quantitative estimate of drug-likeness (QED) is 0.679. The average molecular weight is 355 g/mol. The lowest BCUT2D eigenvalue weighted by molar-refractivity contribution is -0.159. The first-order valence-electron chi connectivity index (χ1n) is 7.66. The molecule has 1 amide bonds. The number of carbonyl (C=O) groups is 3. The molecule has 1 aliphatic rings. The van der Waals surface area contributed by atoms with Crippen LogP contribution in [0.1, 0.15) is 6.92 Å². The summed E-state index contributed by atoms with van der Waals surface area (Å²) >= 11 is 0. The molecule has 1 fully saturated rings. The van der Waals surface area contributed by atoms with Gasteiger partial charge >= 0.3 is 11.9 Å². The van der Waals surface area contributed by atoms with Crippen LogP contribution in [0.4, 0.5) is 10.1 Å². The number of aliphatic carboxylic acids is 2. The van der Waals surface area contributed by atoms with E-state index in [0.29, 0.717) is 0 Å². The summed E-state index contributed by atoms with van der Waals surface area (Å²) in [5.74, 6) is -4.21. The van der Waals surface area contributed by atoms with Crippen molar-refractivity contribution in [2.75, 3.05) is 38.5 Å². The van der Waals surface area contributed by atoms with Gasteiger partial charge in [-0.15, -0.1) is 0 Å². The minimum absolute atomic E-state index is 0.158. The third-order valence-electron chi connectivity index (χ3n) is 3.78. The van der Waals surface area contributed by atoms with Gasteiger partial charge in [-0.05, 0) is 26.1 Å². The zero-order valence-electron chi connectivity index (χ0n) is 14.1. The number of nitrogens with zero attached hydrogens (tertiary/aromatic N) is 2. The lowest BCUT2D eigenvalue weighted by Gasteiger charge is -2.35. The summed E-state index contributed by atoms with van der Waals surface area (Å²) in [5, 5.41) is 17.4. The molecule has 1 saturated heterocycles. The predicted molar refractivity (Wildman–Crippen MR) is 88.8 cm³/mol. The van der Waals surface area contributed by atoms with Gasteiger partial charge in [-0.1, -0.05) is 12.1 Å². The summed E-state index contributed by atoms with van der Waals surface area (Å²) in [5.41, 5.74) is 0.244. The molecule has 0 radical (unpaired) electrons. The number of carboxylic acids is 2. The third-order valence-corrected chi connectivity index (χ3v) is 3.78. The van der Waals surface area contributed by atoms with Crippen molar-refractivity contribution in [1.29, 1.82) is 0 Å². The minimum atomic E-state index is -1.82. The van der Waals surface area contributed by atoms with Gasteiger partial charge in [0.15, 0.2) is 0 Å². The molecule has 1 heterocycles. The van der Waals surface area contributed by atoms with Gasteiger partial charge in [0.1, 0.15) is 5.82 Å². The van der Waals surface area contributed by atoms with E-state index in [-0.39, 0.29) is 17.6 Å². The molecule has 8 nitrogen and oxygen atoms in total. The molecule has 25 heavy (non-hydrogen) atoms. The van der Waals surface area contributed by atoms with Crippen LogP contribution in [0.2, 0.25) is 0 Å². The number of amides is 1. The number of carboxylic acid groups (broad SMARTS) is 2. The van der Waals surface area contributed by atoms with E-state index in [9.17, 15) is 9.18 Å². The van der Waals surface area contributed by atoms with Crippen LogP contribution in [0.5, 0.6) is 0 Å². The molecular weight excluding hydrogens is 333 g/mol. The molecule has 0 spiro atoms. The Morgan fingerprint density at radius 1 is 1.08 bits per heavy atom. The number of rotatable bonds is 3. The molecular formula is C16H22FN3O5. The lowest BCUT2D eigenvalue weighted by atomic mass is 10.2. The van der Waals surface area contributed by atoms with E-state index in [4.69, 9.17) is 19.8 Å². The fraction of sp³-hybridized carbons (Fsp3) is 0.438. The van der Waals surface area contributed by atoms with Crippen molar-refractivity contribution in [2.45, 2.75) is 13.0 Å². The van der Waals surface area contributed by atoms with E-state index < -0.39 is 17.8 Å². The molecule has 9 heteroatoms. The van der Waals surface area contributed by atoms with Crippen molar-refractivity contribution in [3.63, 3.8) is 0 Å². The molecule has 1 aromatic rings. The summed E-state index contributed by atoms with van der Waals surface area (Å²) in [4.78, 5) is 34.7. The highest BCUT2D eigenvalue weighted by Crippen LogP contribution is 2.14. The molecule has 0 aliphatic carbocycles. The number of hydrogen-bond acceptors (Lipinski definition) is 5. The largest absolute Gasteiger partial charge is 0.473 e. The smallest absolute Gasteiger partial charge is 0.414 e. The number of anilines is 1. The standard InChI is InChI=1S/C14H20FN3O.C2H2O4/c1-11(18-9-7-17(2)8-10-18)14(19)16-13-6-4-3-5-12(13)15;3-1(4)2(5)6/h3-6,11H,7-10H2,1-2H3,(H,16,19);(H,3,4)(H,5,6). The zero-order chi connectivity index (χ0) is 19.0. The van der Waals surface area contributed by atoms with Crippen LogP contribution >= 0.6 is 0 Å². The maximum atomic E-state index is 13.5. The van der Waals surface area contributed by atoms with Crippen LogP contribution in [0, 0.1) is 5.82 Å². The first-order chi connectivity index (χ1) is 11.7. The Hall–Kier alpha value is -2.52. The average Bonchev–Trinajstić information content (AvgIpc) is 2.57. The maximum Gasteiger partial charge on any atom is 0.414 e. The SMILES string of the molecule is CC(C(=O)Nc1ccccc1F)N1CCN(C)CC1.O=C(O)C(=O)O. The summed E-state index contributed by atoms with van der Waals surface area (Å²) in [6.45, 7) is 5.50. The van der Waals surface area contributed by atoms with E-state index in [0.717, 1.165) is 26.2 Å². The molecule has 0 bridgehead atoms. The Morgan fingerprint density at radius 2 is 1.60 bits per heavy atom. The van der Waals surface area contributed by atoms with Crippen LogP contribution in [-0.4, -0.2) is 77.1 Å². The predicted octanol–water partition coefficient (Wildman–Crippen LogP) is 0.556. The summed E-state index contributed by atoms with van der Waals surface area (Å²) < 4.78 is 13.5.